The third-order valence-corrected chi connectivity index (χ3v) is 3.50. The van der Waals surface area contributed by atoms with Crippen molar-refractivity contribution >= 4 is 11.6 Å². The van der Waals surface area contributed by atoms with Gasteiger partial charge in [-0.15, -0.1) is 0 Å². The van der Waals surface area contributed by atoms with Crippen LogP contribution in [0.3, 0.4) is 0 Å². The molecule has 1 amide bonds. The lowest BCUT2D eigenvalue weighted by Gasteiger charge is -2.11. The van der Waals surface area contributed by atoms with Crippen LogP contribution in [-0.4, -0.2) is 12.5 Å². The fraction of sp³-hybridized carbons (Fsp3) is 0.533. The molecule has 3 heteroatoms. The molecule has 0 heterocycles. The number of benzene rings is 1. The van der Waals surface area contributed by atoms with Crippen molar-refractivity contribution in [2.75, 3.05) is 11.9 Å². The molecule has 0 saturated heterocycles. The topological polar surface area (TPSA) is 41.1 Å². The van der Waals surface area contributed by atoms with E-state index in [2.05, 4.69) is 29.7 Å². The lowest BCUT2D eigenvalue weighted by atomic mass is 10.1. The van der Waals surface area contributed by atoms with Crippen molar-refractivity contribution in [3.05, 3.63) is 29.8 Å². The van der Waals surface area contributed by atoms with E-state index >= 15 is 0 Å². The number of hydrogen-bond acceptors (Lipinski definition) is 2. The van der Waals surface area contributed by atoms with Crippen molar-refractivity contribution in [3.63, 3.8) is 0 Å². The molecule has 0 bridgehead atoms. The highest BCUT2D eigenvalue weighted by Crippen LogP contribution is 2.26. The van der Waals surface area contributed by atoms with Crippen LogP contribution in [0.15, 0.2) is 24.3 Å². The van der Waals surface area contributed by atoms with Gasteiger partial charge in [0, 0.05) is 18.2 Å². The monoisotopic (exact) mass is 246 g/mol. The minimum Gasteiger partial charge on any atom is -0.326 e. The van der Waals surface area contributed by atoms with Gasteiger partial charge < -0.3 is 10.6 Å². The summed E-state index contributed by atoms with van der Waals surface area (Å²) < 4.78 is 0. The Balaban J connectivity index is 1.93. The van der Waals surface area contributed by atoms with Crippen LogP contribution in [0.4, 0.5) is 5.69 Å². The molecule has 0 atom stereocenters. The smallest absolute Gasteiger partial charge is 0.227 e. The normalized spacial score (nSPS) is 15.8. The second kappa shape index (κ2) is 6.55. The van der Waals surface area contributed by atoms with E-state index in [1.165, 1.54) is 18.4 Å². The molecule has 1 aromatic rings. The average molecular weight is 246 g/mol. The molecule has 1 fully saturated rings. The van der Waals surface area contributed by atoms with Gasteiger partial charge in [0.2, 0.25) is 5.91 Å². The van der Waals surface area contributed by atoms with Crippen LogP contribution in [0.2, 0.25) is 0 Å². The highest BCUT2D eigenvalue weighted by molar-refractivity contribution is 5.92. The zero-order valence-electron chi connectivity index (χ0n) is 11.0. The average Bonchev–Trinajstić information content (AvgIpc) is 2.91. The molecule has 1 aliphatic carbocycles. The van der Waals surface area contributed by atoms with Gasteiger partial charge in [-0.25, -0.2) is 0 Å². The van der Waals surface area contributed by atoms with Gasteiger partial charge in [-0.1, -0.05) is 31.9 Å². The van der Waals surface area contributed by atoms with Gasteiger partial charge in [0.1, 0.15) is 0 Å². The molecule has 0 unspecified atom stereocenters. The second-order valence-corrected chi connectivity index (χ2v) is 4.95. The van der Waals surface area contributed by atoms with E-state index in [1.807, 2.05) is 12.1 Å². The van der Waals surface area contributed by atoms with E-state index in [9.17, 15) is 4.79 Å². The number of hydrogen-bond donors (Lipinski definition) is 2. The van der Waals surface area contributed by atoms with Gasteiger partial charge in [-0.05, 0) is 37.1 Å². The van der Waals surface area contributed by atoms with Crippen molar-refractivity contribution in [1.82, 2.24) is 5.32 Å². The van der Waals surface area contributed by atoms with Crippen molar-refractivity contribution in [1.29, 1.82) is 0 Å². The number of carbonyl (C=O) groups excluding carboxylic acids is 1. The number of anilines is 1. The van der Waals surface area contributed by atoms with E-state index in [0.717, 1.165) is 31.6 Å². The zero-order chi connectivity index (χ0) is 12.8. The predicted octanol–water partition coefficient (Wildman–Crippen LogP) is 2.92. The summed E-state index contributed by atoms with van der Waals surface area (Å²) in [6.07, 6.45) is 4.48. The molecule has 1 aliphatic rings. The molecule has 2 N–H and O–H groups in total. The van der Waals surface area contributed by atoms with Crippen LogP contribution < -0.4 is 10.6 Å². The summed E-state index contributed by atoms with van der Waals surface area (Å²) in [6.45, 7) is 3.90. The van der Waals surface area contributed by atoms with Gasteiger partial charge in [-0.2, -0.15) is 0 Å². The number of amides is 1. The van der Waals surface area contributed by atoms with Crippen molar-refractivity contribution in [2.24, 2.45) is 5.92 Å². The first-order chi connectivity index (χ1) is 8.79. The van der Waals surface area contributed by atoms with Crippen LogP contribution in [-0.2, 0) is 11.3 Å². The fourth-order valence-electron chi connectivity index (χ4n) is 2.46. The molecular formula is C15H22N2O. The summed E-state index contributed by atoms with van der Waals surface area (Å²) in [7, 11) is 0. The Bertz CT molecular complexity index is 397. The first-order valence-electron chi connectivity index (χ1n) is 6.90. The molecule has 0 spiro atoms. The van der Waals surface area contributed by atoms with Crippen molar-refractivity contribution < 1.29 is 4.79 Å². The Morgan fingerprint density at radius 1 is 1.33 bits per heavy atom. The first-order valence-corrected chi connectivity index (χ1v) is 6.90. The minimum atomic E-state index is 0.188. The fourth-order valence-corrected chi connectivity index (χ4v) is 2.46. The molecule has 1 saturated carbocycles. The summed E-state index contributed by atoms with van der Waals surface area (Å²) in [6, 6.07) is 8.09. The summed E-state index contributed by atoms with van der Waals surface area (Å²) in [5.41, 5.74) is 2.13. The minimum absolute atomic E-state index is 0.188. The van der Waals surface area contributed by atoms with Crippen LogP contribution in [0, 0.1) is 5.92 Å². The predicted molar refractivity (Wildman–Crippen MR) is 74.4 cm³/mol. The van der Waals surface area contributed by atoms with E-state index in [4.69, 9.17) is 0 Å². The quantitative estimate of drug-likeness (QED) is 0.838. The maximum atomic E-state index is 12.0. The van der Waals surface area contributed by atoms with E-state index in [-0.39, 0.29) is 11.8 Å². The molecule has 2 rings (SSSR count). The molecule has 3 nitrogen and oxygen atoms in total. The van der Waals surface area contributed by atoms with E-state index in [1.54, 1.807) is 0 Å². The Labute approximate surface area is 109 Å². The largest absolute Gasteiger partial charge is 0.326 e. The van der Waals surface area contributed by atoms with E-state index in [0.29, 0.717) is 0 Å². The number of nitrogens with one attached hydrogen (secondary N) is 2. The van der Waals surface area contributed by atoms with Crippen LogP contribution in [0.1, 0.15) is 38.2 Å². The lowest BCUT2D eigenvalue weighted by molar-refractivity contribution is -0.119. The molecule has 0 aliphatic heterocycles. The lowest BCUT2D eigenvalue weighted by Crippen LogP contribution is -2.20. The Morgan fingerprint density at radius 3 is 2.83 bits per heavy atom. The Kier molecular flexibility index (Phi) is 4.76. The Hall–Kier alpha value is -1.35. The highest BCUT2D eigenvalue weighted by Gasteiger charge is 2.22. The standard InChI is InChI=1S/C15H22N2O/c1-2-16-11-12-6-5-9-14(10-12)17-15(18)13-7-3-4-8-13/h5-6,9-10,13,16H,2-4,7-8,11H2,1H3,(H,17,18). The zero-order valence-corrected chi connectivity index (χ0v) is 11.0. The van der Waals surface area contributed by atoms with Crippen molar-refractivity contribution in [2.45, 2.75) is 39.2 Å². The van der Waals surface area contributed by atoms with Gasteiger partial charge >= 0.3 is 0 Å². The van der Waals surface area contributed by atoms with Gasteiger partial charge in [-0.3, -0.25) is 4.79 Å². The number of rotatable bonds is 5. The summed E-state index contributed by atoms with van der Waals surface area (Å²) in [4.78, 5) is 12.0. The maximum Gasteiger partial charge on any atom is 0.227 e. The third-order valence-electron chi connectivity index (χ3n) is 3.50. The van der Waals surface area contributed by atoms with Gasteiger partial charge in [0.05, 0.1) is 0 Å². The summed E-state index contributed by atoms with van der Waals surface area (Å²) >= 11 is 0. The maximum absolute atomic E-state index is 12.0. The van der Waals surface area contributed by atoms with Gasteiger partial charge in [0.15, 0.2) is 0 Å². The third kappa shape index (κ3) is 3.57. The Morgan fingerprint density at radius 2 is 2.11 bits per heavy atom. The summed E-state index contributed by atoms with van der Waals surface area (Å²) in [5, 5.41) is 6.32. The second-order valence-electron chi connectivity index (χ2n) is 4.95. The molecule has 98 valence electrons. The molecular weight excluding hydrogens is 224 g/mol. The highest BCUT2D eigenvalue weighted by atomic mass is 16.1. The molecule has 1 aromatic carbocycles. The SMILES string of the molecule is CCNCc1cccc(NC(=O)C2CCCC2)c1. The first kappa shape index (κ1) is 13.1. The van der Waals surface area contributed by atoms with Crippen LogP contribution in [0.5, 0.6) is 0 Å². The molecule has 0 aromatic heterocycles. The summed E-state index contributed by atoms with van der Waals surface area (Å²) in [5.74, 6) is 0.413. The molecule has 0 radical (unpaired) electrons. The van der Waals surface area contributed by atoms with Crippen LogP contribution >= 0.6 is 0 Å². The van der Waals surface area contributed by atoms with Crippen LogP contribution in [0.25, 0.3) is 0 Å². The van der Waals surface area contributed by atoms with E-state index < -0.39 is 0 Å². The molecule has 18 heavy (non-hydrogen) atoms. The van der Waals surface area contributed by atoms with Crippen molar-refractivity contribution in [3.8, 4) is 0 Å². The van der Waals surface area contributed by atoms with Gasteiger partial charge in [0.25, 0.3) is 0 Å². The number of carbonyl (C=O) groups is 1.